The van der Waals surface area contributed by atoms with E-state index in [2.05, 4.69) is 24.5 Å². The number of rotatable bonds is 1. The summed E-state index contributed by atoms with van der Waals surface area (Å²) in [6.07, 6.45) is 3.24. The molecule has 0 fully saturated rings. The molecule has 3 nitrogen and oxygen atoms in total. The largest absolute Gasteiger partial charge is 0.388 e. The molecule has 1 heterocycles. The van der Waals surface area contributed by atoms with Crippen molar-refractivity contribution in [2.24, 2.45) is 5.41 Å². The quantitative estimate of drug-likeness (QED) is 0.860. The fourth-order valence-electron chi connectivity index (χ4n) is 3.13. The standard InChI is InChI=1S/C17H18N2O/c1-17(2)9-15-13(16(20)10-17)7-8-19(15)14-6-4-3-5-12(14)11-18/h3-8,16,20H,9-10H2,1-2H3. The van der Waals surface area contributed by atoms with Gasteiger partial charge in [-0.15, -0.1) is 0 Å². The van der Waals surface area contributed by atoms with Gasteiger partial charge in [0.25, 0.3) is 0 Å². The van der Waals surface area contributed by atoms with Gasteiger partial charge in [0, 0.05) is 17.5 Å². The zero-order valence-electron chi connectivity index (χ0n) is 11.8. The van der Waals surface area contributed by atoms with Gasteiger partial charge >= 0.3 is 0 Å². The van der Waals surface area contributed by atoms with Crippen LogP contribution in [0.5, 0.6) is 0 Å². The number of aliphatic hydroxyl groups is 1. The van der Waals surface area contributed by atoms with Crippen molar-refractivity contribution in [3.63, 3.8) is 0 Å². The van der Waals surface area contributed by atoms with E-state index in [0.717, 1.165) is 29.8 Å². The Morgan fingerprint density at radius 3 is 2.80 bits per heavy atom. The van der Waals surface area contributed by atoms with Crippen LogP contribution in [0.1, 0.15) is 43.2 Å². The second kappa shape index (κ2) is 4.50. The molecule has 0 amide bonds. The molecule has 0 aliphatic heterocycles. The molecule has 0 spiro atoms. The van der Waals surface area contributed by atoms with E-state index in [0.29, 0.717) is 5.56 Å². The van der Waals surface area contributed by atoms with Crippen molar-refractivity contribution < 1.29 is 5.11 Å². The van der Waals surface area contributed by atoms with Crippen molar-refractivity contribution in [1.29, 1.82) is 5.26 Å². The van der Waals surface area contributed by atoms with Crippen LogP contribution in [0.15, 0.2) is 36.5 Å². The Hall–Kier alpha value is -2.05. The summed E-state index contributed by atoms with van der Waals surface area (Å²) in [5.74, 6) is 0. The average molecular weight is 266 g/mol. The normalized spacial score (nSPS) is 20.2. The second-order valence-electron chi connectivity index (χ2n) is 6.28. The lowest BCUT2D eigenvalue weighted by Crippen LogP contribution is -2.26. The molecule has 3 rings (SSSR count). The van der Waals surface area contributed by atoms with E-state index in [1.807, 2.05) is 36.5 Å². The SMILES string of the molecule is CC1(C)Cc2c(ccn2-c2ccccc2C#N)C(O)C1. The van der Waals surface area contributed by atoms with Crippen molar-refractivity contribution in [3.8, 4) is 11.8 Å². The first-order valence-electron chi connectivity index (χ1n) is 6.89. The molecule has 0 saturated heterocycles. The van der Waals surface area contributed by atoms with E-state index in [1.165, 1.54) is 0 Å². The molecule has 1 aromatic heterocycles. The zero-order valence-corrected chi connectivity index (χ0v) is 11.8. The number of fused-ring (bicyclic) bond motifs is 1. The van der Waals surface area contributed by atoms with E-state index in [-0.39, 0.29) is 5.41 Å². The first-order valence-corrected chi connectivity index (χ1v) is 6.89. The van der Waals surface area contributed by atoms with Gasteiger partial charge in [0.05, 0.1) is 17.4 Å². The van der Waals surface area contributed by atoms with Gasteiger partial charge in [-0.25, -0.2) is 0 Å². The lowest BCUT2D eigenvalue weighted by atomic mass is 9.75. The number of hydrogen-bond donors (Lipinski definition) is 1. The molecule has 1 aromatic carbocycles. The summed E-state index contributed by atoms with van der Waals surface area (Å²) in [5, 5.41) is 19.6. The summed E-state index contributed by atoms with van der Waals surface area (Å²) in [6, 6.07) is 11.8. The van der Waals surface area contributed by atoms with Gasteiger partial charge in [0.15, 0.2) is 0 Å². The number of nitriles is 1. The maximum absolute atomic E-state index is 10.3. The third-order valence-electron chi connectivity index (χ3n) is 4.06. The van der Waals surface area contributed by atoms with Crippen LogP contribution >= 0.6 is 0 Å². The highest BCUT2D eigenvalue weighted by Crippen LogP contribution is 2.41. The van der Waals surface area contributed by atoms with E-state index < -0.39 is 6.10 Å². The Kier molecular flexibility index (Phi) is 2.92. The molecular formula is C17H18N2O. The summed E-state index contributed by atoms with van der Waals surface area (Å²) >= 11 is 0. The molecule has 1 aliphatic carbocycles. The van der Waals surface area contributed by atoms with Crippen molar-refractivity contribution in [1.82, 2.24) is 4.57 Å². The lowest BCUT2D eigenvalue weighted by molar-refractivity contribution is 0.0987. The predicted octanol–water partition coefficient (Wildman–Crippen LogP) is 3.35. The minimum absolute atomic E-state index is 0.0735. The minimum Gasteiger partial charge on any atom is -0.388 e. The minimum atomic E-state index is -0.413. The molecule has 1 unspecified atom stereocenters. The van der Waals surface area contributed by atoms with Crippen molar-refractivity contribution >= 4 is 0 Å². The fourth-order valence-corrected chi connectivity index (χ4v) is 3.13. The molecule has 1 atom stereocenters. The summed E-state index contributed by atoms with van der Waals surface area (Å²) in [4.78, 5) is 0. The van der Waals surface area contributed by atoms with E-state index >= 15 is 0 Å². The first-order chi connectivity index (χ1) is 9.52. The number of para-hydroxylation sites is 1. The Labute approximate surface area is 119 Å². The highest BCUT2D eigenvalue weighted by atomic mass is 16.3. The molecule has 0 radical (unpaired) electrons. The summed E-state index contributed by atoms with van der Waals surface area (Å²) in [7, 11) is 0. The van der Waals surface area contributed by atoms with Gasteiger partial charge in [-0.2, -0.15) is 5.26 Å². The van der Waals surface area contributed by atoms with Crippen LogP contribution in [-0.4, -0.2) is 9.67 Å². The maximum atomic E-state index is 10.3. The molecular weight excluding hydrogens is 248 g/mol. The average Bonchev–Trinajstić information content (AvgIpc) is 2.81. The molecule has 20 heavy (non-hydrogen) atoms. The number of benzene rings is 1. The van der Waals surface area contributed by atoms with Crippen molar-refractivity contribution in [2.75, 3.05) is 0 Å². The van der Waals surface area contributed by atoms with Crippen LogP contribution in [0.25, 0.3) is 5.69 Å². The maximum Gasteiger partial charge on any atom is 0.101 e. The predicted molar refractivity (Wildman–Crippen MR) is 77.5 cm³/mol. The van der Waals surface area contributed by atoms with Gasteiger partial charge in [-0.05, 0) is 36.5 Å². The number of aliphatic hydroxyl groups excluding tert-OH is 1. The van der Waals surface area contributed by atoms with Crippen LogP contribution in [0, 0.1) is 16.7 Å². The summed E-state index contributed by atoms with van der Waals surface area (Å²) < 4.78 is 2.05. The number of aromatic nitrogens is 1. The topological polar surface area (TPSA) is 49.0 Å². The van der Waals surface area contributed by atoms with Gasteiger partial charge in [0.2, 0.25) is 0 Å². The monoisotopic (exact) mass is 266 g/mol. The highest BCUT2D eigenvalue weighted by Gasteiger charge is 2.33. The Morgan fingerprint density at radius 1 is 1.30 bits per heavy atom. The van der Waals surface area contributed by atoms with Gasteiger partial charge in [0.1, 0.15) is 6.07 Å². The fraction of sp³-hybridized carbons (Fsp3) is 0.353. The molecule has 102 valence electrons. The Balaban J connectivity index is 2.17. The summed E-state index contributed by atoms with van der Waals surface area (Å²) in [5.41, 5.74) is 3.74. The third-order valence-corrected chi connectivity index (χ3v) is 4.06. The smallest absolute Gasteiger partial charge is 0.101 e. The highest BCUT2D eigenvalue weighted by molar-refractivity contribution is 5.51. The molecule has 3 heteroatoms. The molecule has 1 aliphatic rings. The zero-order chi connectivity index (χ0) is 14.3. The Bertz CT molecular complexity index is 691. The number of hydrogen-bond acceptors (Lipinski definition) is 2. The molecule has 0 saturated carbocycles. The number of nitrogens with zero attached hydrogens (tertiary/aromatic N) is 2. The summed E-state index contributed by atoms with van der Waals surface area (Å²) in [6.45, 7) is 4.35. The third kappa shape index (κ3) is 2.03. The van der Waals surface area contributed by atoms with Gasteiger partial charge in [-0.1, -0.05) is 26.0 Å². The van der Waals surface area contributed by atoms with Crippen molar-refractivity contribution in [2.45, 2.75) is 32.8 Å². The van der Waals surface area contributed by atoms with Crippen LogP contribution in [0.3, 0.4) is 0 Å². The molecule has 0 bridgehead atoms. The van der Waals surface area contributed by atoms with E-state index in [1.54, 1.807) is 0 Å². The van der Waals surface area contributed by atoms with Crippen LogP contribution < -0.4 is 0 Å². The van der Waals surface area contributed by atoms with E-state index in [4.69, 9.17) is 0 Å². The second-order valence-corrected chi connectivity index (χ2v) is 6.28. The molecule has 2 aromatic rings. The molecule has 1 N–H and O–H groups in total. The van der Waals surface area contributed by atoms with Crippen LogP contribution in [-0.2, 0) is 6.42 Å². The first kappa shape index (κ1) is 13.0. The van der Waals surface area contributed by atoms with Gasteiger partial charge < -0.3 is 9.67 Å². The van der Waals surface area contributed by atoms with Gasteiger partial charge in [-0.3, -0.25) is 0 Å². The van der Waals surface area contributed by atoms with Crippen LogP contribution in [0.4, 0.5) is 0 Å². The Morgan fingerprint density at radius 2 is 2.05 bits per heavy atom. The van der Waals surface area contributed by atoms with Crippen molar-refractivity contribution in [3.05, 3.63) is 53.3 Å². The van der Waals surface area contributed by atoms with E-state index in [9.17, 15) is 10.4 Å². The lowest BCUT2D eigenvalue weighted by Gasteiger charge is -2.34. The van der Waals surface area contributed by atoms with Crippen LogP contribution in [0.2, 0.25) is 0 Å².